The largest absolute Gasteiger partial charge is 0.367 e. The second-order valence-electron chi connectivity index (χ2n) is 4.25. The molecule has 1 fully saturated rings. The molecule has 0 radical (unpaired) electrons. The maximum absolute atomic E-state index is 5.71. The molecule has 1 aliphatic heterocycles. The lowest BCUT2D eigenvalue weighted by atomic mass is 10.2. The van der Waals surface area contributed by atoms with Crippen LogP contribution in [0.2, 0.25) is 0 Å². The van der Waals surface area contributed by atoms with Gasteiger partial charge in [0.25, 0.3) is 0 Å². The third kappa shape index (κ3) is 1.80. The van der Waals surface area contributed by atoms with Gasteiger partial charge in [0.15, 0.2) is 11.6 Å². The quantitative estimate of drug-likeness (QED) is 0.786. The lowest BCUT2D eigenvalue weighted by Crippen LogP contribution is -2.02. The Labute approximate surface area is 84.1 Å². The lowest BCUT2D eigenvalue weighted by molar-refractivity contribution is 0.0505. The number of aromatic amines is 1. The van der Waals surface area contributed by atoms with Crippen molar-refractivity contribution in [2.75, 3.05) is 0 Å². The highest BCUT2D eigenvalue weighted by Crippen LogP contribution is 2.30. The number of hydrogen-bond donors (Lipinski definition) is 1. The van der Waals surface area contributed by atoms with Crippen LogP contribution in [-0.2, 0) is 4.74 Å². The molecule has 0 spiro atoms. The summed E-state index contributed by atoms with van der Waals surface area (Å²) in [4.78, 5) is 4.43. The Hall–Kier alpha value is -0.900. The third-order valence-corrected chi connectivity index (χ3v) is 2.57. The van der Waals surface area contributed by atoms with Gasteiger partial charge in [0, 0.05) is 5.92 Å². The van der Waals surface area contributed by atoms with Crippen LogP contribution in [0.3, 0.4) is 0 Å². The van der Waals surface area contributed by atoms with Crippen molar-refractivity contribution in [1.29, 1.82) is 0 Å². The second-order valence-corrected chi connectivity index (χ2v) is 4.25. The molecule has 0 saturated carbocycles. The third-order valence-electron chi connectivity index (χ3n) is 2.57. The number of H-pyrrole nitrogens is 1. The molecule has 78 valence electrons. The predicted molar refractivity (Wildman–Crippen MR) is 53.0 cm³/mol. The van der Waals surface area contributed by atoms with E-state index in [1.54, 1.807) is 0 Å². The van der Waals surface area contributed by atoms with Gasteiger partial charge in [0.2, 0.25) is 0 Å². The van der Waals surface area contributed by atoms with Crippen molar-refractivity contribution in [3.05, 3.63) is 11.6 Å². The van der Waals surface area contributed by atoms with E-state index in [-0.39, 0.29) is 6.10 Å². The Bertz CT molecular complexity index is 308. The molecule has 2 atom stereocenters. The molecule has 1 aliphatic rings. The normalized spacial score (nSPS) is 27.4. The summed E-state index contributed by atoms with van der Waals surface area (Å²) >= 11 is 0. The summed E-state index contributed by atoms with van der Waals surface area (Å²) in [5.41, 5.74) is 0. The van der Waals surface area contributed by atoms with E-state index in [1.165, 1.54) is 0 Å². The molecule has 4 heteroatoms. The van der Waals surface area contributed by atoms with Gasteiger partial charge < -0.3 is 4.74 Å². The Kier molecular flexibility index (Phi) is 2.54. The SMILES string of the molecule is CC1CCC(c2nc(C(C)C)n[nH]2)O1. The van der Waals surface area contributed by atoms with E-state index >= 15 is 0 Å². The monoisotopic (exact) mass is 195 g/mol. The first-order valence-corrected chi connectivity index (χ1v) is 5.24. The molecule has 14 heavy (non-hydrogen) atoms. The number of nitrogens with one attached hydrogen (secondary N) is 1. The van der Waals surface area contributed by atoms with Gasteiger partial charge in [-0.1, -0.05) is 13.8 Å². The molecule has 1 N–H and O–H groups in total. The van der Waals surface area contributed by atoms with Crippen molar-refractivity contribution in [3.63, 3.8) is 0 Å². The average Bonchev–Trinajstić information content (AvgIpc) is 2.70. The van der Waals surface area contributed by atoms with Crippen LogP contribution in [-0.4, -0.2) is 21.3 Å². The number of ether oxygens (including phenoxy) is 1. The van der Waals surface area contributed by atoms with Crippen LogP contribution in [0.1, 0.15) is 57.3 Å². The fraction of sp³-hybridized carbons (Fsp3) is 0.800. The average molecular weight is 195 g/mol. The second kappa shape index (κ2) is 3.69. The first-order chi connectivity index (χ1) is 6.66. The van der Waals surface area contributed by atoms with Crippen LogP contribution in [0.4, 0.5) is 0 Å². The molecule has 2 rings (SSSR count). The molecule has 1 aromatic rings. The summed E-state index contributed by atoms with van der Waals surface area (Å²) in [6, 6.07) is 0. The van der Waals surface area contributed by atoms with Gasteiger partial charge in [-0.15, -0.1) is 0 Å². The molecule has 2 heterocycles. The summed E-state index contributed by atoms with van der Waals surface area (Å²) in [5, 5.41) is 7.13. The van der Waals surface area contributed by atoms with Crippen LogP contribution < -0.4 is 0 Å². The predicted octanol–water partition coefficient (Wildman–Crippen LogP) is 2.17. The summed E-state index contributed by atoms with van der Waals surface area (Å²) in [5.74, 6) is 2.14. The van der Waals surface area contributed by atoms with Crippen molar-refractivity contribution in [3.8, 4) is 0 Å². The number of rotatable bonds is 2. The Morgan fingerprint density at radius 1 is 1.43 bits per heavy atom. The zero-order valence-corrected chi connectivity index (χ0v) is 8.95. The summed E-state index contributed by atoms with van der Waals surface area (Å²) < 4.78 is 5.71. The fourth-order valence-electron chi connectivity index (χ4n) is 1.69. The van der Waals surface area contributed by atoms with Crippen molar-refractivity contribution >= 4 is 0 Å². The molecular formula is C10H17N3O. The molecular weight excluding hydrogens is 178 g/mol. The van der Waals surface area contributed by atoms with Crippen LogP contribution >= 0.6 is 0 Å². The molecule has 0 amide bonds. The lowest BCUT2D eigenvalue weighted by Gasteiger charge is -2.06. The van der Waals surface area contributed by atoms with Crippen LogP contribution in [0.25, 0.3) is 0 Å². The van der Waals surface area contributed by atoms with Crippen LogP contribution in [0.15, 0.2) is 0 Å². The van der Waals surface area contributed by atoms with Gasteiger partial charge in [-0.25, -0.2) is 4.98 Å². The maximum Gasteiger partial charge on any atom is 0.153 e. The van der Waals surface area contributed by atoms with Crippen molar-refractivity contribution in [2.24, 2.45) is 0 Å². The van der Waals surface area contributed by atoms with E-state index in [0.29, 0.717) is 12.0 Å². The number of nitrogens with zero attached hydrogens (tertiary/aromatic N) is 2. The molecule has 0 bridgehead atoms. The number of aromatic nitrogens is 3. The Balaban J connectivity index is 2.09. The minimum absolute atomic E-state index is 0.130. The van der Waals surface area contributed by atoms with Gasteiger partial charge >= 0.3 is 0 Å². The minimum Gasteiger partial charge on any atom is -0.367 e. The highest BCUT2D eigenvalue weighted by molar-refractivity contribution is 4.99. The fourth-order valence-corrected chi connectivity index (χ4v) is 1.69. The zero-order chi connectivity index (χ0) is 10.1. The van der Waals surface area contributed by atoms with E-state index in [0.717, 1.165) is 24.5 Å². The summed E-state index contributed by atoms with van der Waals surface area (Å²) in [7, 11) is 0. The van der Waals surface area contributed by atoms with E-state index < -0.39 is 0 Å². The molecule has 4 nitrogen and oxygen atoms in total. The molecule has 1 aromatic heterocycles. The van der Waals surface area contributed by atoms with Gasteiger partial charge in [0.05, 0.1) is 6.10 Å². The first-order valence-electron chi connectivity index (χ1n) is 5.24. The topological polar surface area (TPSA) is 50.8 Å². The van der Waals surface area contributed by atoms with E-state index in [1.807, 2.05) is 0 Å². The van der Waals surface area contributed by atoms with Crippen molar-refractivity contribution in [1.82, 2.24) is 15.2 Å². The molecule has 2 unspecified atom stereocenters. The van der Waals surface area contributed by atoms with E-state index in [9.17, 15) is 0 Å². The molecule has 0 aliphatic carbocycles. The zero-order valence-electron chi connectivity index (χ0n) is 8.95. The highest BCUT2D eigenvalue weighted by atomic mass is 16.5. The van der Waals surface area contributed by atoms with Gasteiger partial charge in [-0.3, -0.25) is 5.10 Å². The summed E-state index contributed by atoms with van der Waals surface area (Å²) in [6.07, 6.45) is 2.65. The van der Waals surface area contributed by atoms with Crippen LogP contribution in [0, 0.1) is 0 Å². The highest BCUT2D eigenvalue weighted by Gasteiger charge is 2.26. The van der Waals surface area contributed by atoms with Gasteiger partial charge in [0.1, 0.15) is 6.10 Å². The molecule has 0 aromatic carbocycles. The smallest absolute Gasteiger partial charge is 0.153 e. The Morgan fingerprint density at radius 2 is 2.21 bits per heavy atom. The Morgan fingerprint density at radius 3 is 2.71 bits per heavy atom. The number of hydrogen-bond acceptors (Lipinski definition) is 3. The van der Waals surface area contributed by atoms with Crippen molar-refractivity contribution in [2.45, 2.75) is 51.7 Å². The van der Waals surface area contributed by atoms with Crippen molar-refractivity contribution < 1.29 is 4.74 Å². The van der Waals surface area contributed by atoms with E-state index in [4.69, 9.17) is 4.74 Å². The maximum atomic E-state index is 5.71. The van der Waals surface area contributed by atoms with E-state index in [2.05, 4.69) is 36.0 Å². The standard InChI is InChI=1S/C10H17N3O/c1-6(2)9-11-10(13-12-9)8-5-4-7(3)14-8/h6-8H,4-5H2,1-3H3,(H,11,12,13). The minimum atomic E-state index is 0.130. The van der Waals surface area contributed by atoms with Crippen LogP contribution in [0.5, 0.6) is 0 Å². The van der Waals surface area contributed by atoms with Gasteiger partial charge in [-0.2, -0.15) is 5.10 Å². The van der Waals surface area contributed by atoms with Gasteiger partial charge in [-0.05, 0) is 19.8 Å². The first kappa shape index (κ1) is 9.65. The molecule has 1 saturated heterocycles. The summed E-state index contributed by atoms with van der Waals surface area (Å²) in [6.45, 7) is 6.27.